The van der Waals surface area contributed by atoms with Gasteiger partial charge in [-0.3, -0.25) is 19.8 Å². The molecule has 0 unspecified atom stereocenters. The Morgan fingerprint density at radius 1 is 0.912 bits per heavy atom. The van der Waals surface area contributed by atoms with E-state index in [0.717, 1.165) is 10.0 Å². The minimum Gasteiger partial charge on any atom is -0.341 e. The van der Waals surface area contributed by atoms with Crippen molar-refractivity contribution in [3.05, 3.63) is 99.6 Å². The molecule has 0 saturated carbocycles. The lowest BCUT2D eigenvalue weighted by molar-refractivity contribution is -0.137. The molecule has 0 aliphatic rings. The second-order valence-electron chi connectivity index (χ2n) is 7.58. The molecule has 0 aliphatic carbocycles. The first-order chi connectivity index (χ1) is 16.3. The fourth-order valence-corrected chi connectivity index (χ4v) is 3.89. The lowest BCUT2D eigenvalue weighted by Gasteiger charge is -2.16. The Bertz CT molecular complexity index is 1370. The van der Waals surface area contributed by atoms with Gasteiger partial charge in [0.05, 0.1) is 11.6 Å². The SMILES string of the molecule is C[C@@H](NC(=O)C(=O)Nn1c(C(=O)Nc2ccc(Br)cc2)cc2cc(Cl)ccc21)c1ccccc1. The number of nitrogens with one attached hydrogen (secondary N) is 3. The molecular weight excluding hydrogens is 520 g/mol. The Labute approximate surface area is 209 Å². The summed E-state index contributed by atoms with van der Waals surface area (Å²) in [4.78, 5) is 38.4. The number of hydrogen-bond acceptors (Lipinski definition) is 3. The number of benzene rings is 3. The maximum atomic E-state index is 13.1. The molecule has 1 atom stereocenters. The highest BCUT2D eigenvalue weighted by Crippen LogP contribution is 2.24. The fraction of sp³-hybridized carbons (Fsp3) is 0.0800. The van der Waals surface area contributed by atoms with Crippen molar-refractivity contribution in [2.75, 3.05) is 10.7 Å². The summed E-state index contributed by atoms with van der Waals surface area (Å²) >= 11 is 9.47. The van der Waals surface area contributed by atoms with E-state index < -0.39 is 17.7 Å². The standard InChI is InChI=1S/C25H20BrClN4O3/c1-15(16-5-3-2-4-6-16)28-24(33)25(34)30-31-21-12-9-19(27)13-17(21)14-22(31)23(32)29-20-10-7-18(26)8-11-20/h2-15H,1H3,(H,28,33)(H,29,32)(H,30,34)/t15-/m1/s1. The molecule has 7 nitrogen and oxygen atoms in total. The van der Waals surface area contributed by atoms with Crippen molar-refractivity contribution < 1.29 is 14.4 Å². The van der Waals surface area contributed by atoms with E-state index in [2.05, 4.69) is 32.0 Å². The molecule has 1 heterocycles. The highest BCUT2D eigenvalue weighted by Gasteiger charge is 2.22. The molecule has 3 N–H and O–H groups in total. The zero-order valence-electron chi connectivity index (χ0n) is 18.0. The largest absolute Gasteiger partial charge is 0.341 e. The molecule has 9 heteroatoms. The van der Waals surface area contributed by atoms with Crippen LogP contribution in [0, 0.1) is 0 Å². The van der Waals surface area contributed by atoms with Crippen molar-refractivity contribution in [2.24, 2.45) is 0 Å². The van der Waals surface area contributed by atoms with Crippen LogP contribution in [0.2, 0.25) is 5.02 Å². The van der Waals surface area contributed by atoms with Crippen molar-refractivity contribution in [3.8, 4) is 0 Å². The van der Waals surface area contributed by atoms with Gasteiger partial charge in [0.25, 0.3) is 5.91 Å². The fourth-order valence-electron chi connectivity index (χ4n) is 3.44. The van der Waals surface area contributed by atoms with Gasteiger partial charge in [0.1, 0.15) is 5.69 Å². The highest BCUT2D eigenvalue weighted by atomic mass is 79.9. The number of nitrogens with zero attached hydrogens (tertiary/aromatic N) is 1. The molecule has 4 aromatic rings. The van der Waals surface area contributed by atoms with Gasteiger partial charge < -0.3 is 10.6 Å². The second kappa shape index (κ2) is 10.1. The summed E-state index contributed by atoms with van der Waals surface area (Å²) in [5.74, 6) is -2.20. The van der Waals surface area contributed by atoms with Crippen molar-refractivity contribution in [2.45, 2.75) is 13.0 Å². The summed E-state index contributed by atoms with van der Waals surface area (Å²) < 4.78 is 2.16. The van der Waals surface area contributed by atoms with Crippen LogP contribution in [0.3, 0.4) is 0 Å². The maximum absolute atomic E-state index is 13.1. The Morgan fingerprint density at radius 3 is 2.32 bits per heavy atom. The minimum absolute atomic E-state index is 0.137. The summed E-state index contributed by atoms with van der Waals surface area (Å²) in [7, 11) is 0. The first-order valence-corrected chi connectivity index (χ1v) is 11.5. The van der Waals surface area contributed by atoms with Crippen LogP contribution < -0.4 is 16.1 Å². The molecule has 4 rings (SSSR count). The van der Waals surface area contributed by atoms with Crippen LogP contribution in [0.1, 0.15) is 29.0 Å². The average molecular weight is 540 g/mol. The average Bonchev–Trinajstić information content (AvgIpc) is 3.18. The smallest absolute Gasteiger partial charge is 0.328 e. The molecular formula is C25H20BrClN4O3. The predicted molar refractivity (Wildman–Crippen MR) is 136 cm³/mol. The van der Waals surface area contributed by atoms with Crippen LogP contribution in [0.25, 0.3) is 10.9 Å². The summed E-state index contributed by atoms with van der Waals surface area (Å²) in [6, 6.07) is 22.6. The summed E-state index contributed by atoms with van der Waals surface area (Å²) in [5.41, 5.74) is 4.63. The van der Waals surface area contributed by atoms with Gasteiger partial charge in [-0.25, -0.2) is 4.68 Å². The number of carbonyl (C=O) groups is 3. The molecule has 0 radical (unpaired) electrons. The summed E-state index contributed by atoms with van der Waals surface area (Å²) in [5, 5.41) is 6.57. The Balaban J connectivity index is 1.59. The number of halogens is 2. The van der Waals surface area contributed by atoms with Crippen molar-refractivity contribution >= 4 is 61.8 Å². The number of carbonyl (C=O) groups excluding carboxylic acids is 3. The van der Waals surface area contributed by atoms with Gasteiger partial charge >= 0.3 is 11.8 Å². The van der Waals surface area contributed by atoms with E-state index in [1.807, 2.05) is 30.3 Å². The van der Waals surface area contributed by atoms with Crippen LogP contribution in [0.4, 0.5) is 5.69 Å². The predicted octanol–water partition coefficient (Wildman–Crippen LogP) is 5.26. The molecule has 34 heavy (non-hydrogen) atoms. The molecule has 0 spiro atoms. The first kappa shape index (κ1) is 23.5. The van der Waals surface area contributed by atoms with E-state index in [9.17, 15) is 14.4 Å². The molecule has 3 aromatic carbocycles. The lowest BCUT2D eigenvalue weighted by Crippen LogP contribution is -2.40. The molecule has 3 amide bonds. The number of aromatic nitrogens is 1. The molecule has 0 aliphatic heterocycles. The zero-order valence-corrected chi connectivity index (χ0v) is 20.4. The van der Waals surface area contributed by atoms with E-state index >= 15 is 0 Å². The molecule has 0 bridgehead atoms. The highest BCUT2D eigenvalue weighted by molar-refractivity contribution is 9.10. The lowest BCUT2D eigenvalue weighted by atomic mass is 10.1. The normalized spacial score (nSPS) is 11.6. The van der Waals surface area contributed by atoms with Crippen LogP contribution in [-0.4, -0.2) is 22.4 Å². The Morgan fingerprint density at radius 2 is 1.62 bits per heavy atom. The van der Waals surface area contributed by atoms with Crippen LogP contribution >= 0.6 is 27.5 Å². The Hall–Kier alpha value is -3.62. The number of fused-ring (bicyclic) bond motifs is 1. The van der Waals surface area contributed by atoms with E-state index in [4.69, 9.17) is 11.6 Å². The summed E-state index contributed by atoms with van der Waals surface area (Å²) in [6.07, 6.45) is 0. The van der Waals surface area contributed by atoms with Gasteiger partial charge in [-0.2, -0.15) is 0 Å². The molecule has 1 aromatic heterocycles. The minimum atomic E-state index is -0.909. The van der Waals surface area contributed by atoms with E-state index in [0.29, 0.717) is 21.6 Å². The second-order valence-corrected chi connectivity index (χ2v) is 8.93. The zero-order chi connectivity index (χ0) is 24.2. The van der Waals surface area contributed by atoms with Gasteiger partial charge in [-0.1, -0.05) is 57.9 Å². The molecule has 0 fully saturated rings. The first-order valence-electron chi connectivity index (χ1n) is 10.4. The number of hydrogen-bond donors (Lipinski definition) is 3. The summed E-state index contributed by atoms with van der Waals surface area (Å²) in [6.45, 7) is 1.78. The monoisotopic (exact) mass is 538 g/mol. The van der Waals surface area contributed by atoms with Crippen molar-refractivity contribution in [1.82, 2.24) is 9.99 Å². The van der Waals surface area contributed by atoms with E-state index in [-0.39, 0.29) is 11.7 Å². The topological polar surface area (TPSA) is 92.2 Å². The molecule has 0 saturated heterocycles. The third kappa shape index (κ3) is 5.30. The van der Waals surface area contributed by atoms with Crippen LogP contribution in [-0.2, 0) is 9.59 Å². The van der Waals surface area contributed by atoms with Gasteiger partial charge in [-0.05, 0) is 61.0 Å². The van der Waals surface area contributed by atoms with Gasteiger partial charge in [0.2, 0.25) is 0 Å². The Kier molecular flexibility index (Phi) is 7.00. The quantitative estimate of drug-likeness (QED) is 0.302. The van der Waals surface area contributed by atoms with Crippen LogP contribution in [0.5, 0.6) is 0 Å². The number of anilines is 1. The third-order valence-corrected chi connectivity index (χ3v) is 5.93. The number of rotatable bonds is 5. The van der Waals surface area contributed by atoms with E-state index in [1.54, 1.807) is 55.5 Å². The van der Waals surface area contributed by atoms with Gasteiger partial charge in [0, 0.05) is 20.6 Å². The van der Waals surface area contributed by atoms with Crippen molar-refractivity contribution in [1.29, 1.82) is 0 Å². The maximum Gasteiger partial charge on any atom is 0.328 e. The third-order valence-electron chi connectivity index (χ3n) is 5.17. The van der Waals surface area contributed by atoms with Gasteiger partial charge in [0.15, 0.2) is 0 Å². The van der Waals surface area contributed by atoms with Gasteiger partial charge in [-0.15, -0.1) is 0 Å². The van der Waals surface area contributed by atoms with E-state index in [1.165, 1.54) is 4.68 Å². The van der Waals surface area contributed by atoms with Crippen molar-refractivity contribution in [3.63, 3.8) is 0 Å². The molecule has 172 valence electrons. The number of amides is 3. The van der Waals surface area contributed by atoms with Crippen LogP contribution in [0.15, 0.2) is 83.3 Å².